The van der Waals surface area contributed by atoms with Gasteiger partial charge in [0.1, 0.15) is 6.26 Å². The molecule has 0 spiro atoms. The molecule has 1 aromatic carbocycles. The first-order valence-electron chi connectivity index (χ1n) is 8.41. The third-order valence-electron chi connectivity index (χ3n) is 4.55. The van der Waals surface area contributed by atoms with E-state index in [1.54, 1.807) is 17.6 Å². The minimum Gasteiger partial charge on any atom is -0.444 e. The van der Waals surface area contributed by atoms with Gasteiger partial charge in [0.25, 0.3) is 0 Å². The number of hydrogen-bond donors (Lipinski definition) is 0. The van der Waals surface area contributed by atoms with Crippen molar-refractivity contribution in [2.45, 2.75) is 13.5 Å². The Morgan fingerprint density at radius 3 is 2.80 bits per heavy atom. The van der Waals surface area contributed by atoms with Gasteiger partial charge in [-0.3, -0.25) is 4.90 Å². The van der Waals surface area contributed by atoms with Gasteiger partial charge in [0.2, 0.25) is 5.89 Å². The van der Waals surface area contributed by atoms with Gasteiger partial charge in [-0.25, -0.2) is 4.98 Å². The molecule has 0 N–H and O–H groups in total. The van der Waals surface area contributed by atoms with Crippen LogP contribution in [0.2, 0.25) is 5.02 Å². The van der Waals surface area contributed by atoms with Crippen molar-refractivity contribution < 1.29 is 4.42 Å². The first-order valence-corrected chi connectivity index (χ1v) is 9.66. The second kappa shape index (κ2) is 7.20. The van der Waals surface area contributed by atoms with E-state index in [4.69, 9.17) is 16.0 Å². The monoisotopic (exact) mass is 373 g/mol. The highest BCUT2D eigenvalue weighted by Crippen LogP contribution is 2.26. The number of nitrogens with zero attached hydrogens (tertiary/aromatic N) is 3. The van der Waals surface area contributed by atoms with Gasteiger partial charge < -0.3 is 9.32 Å². The fraction of sp³-hybridized carbons (Fsp3) is 0.316. The summed E-state index contributed by atoms with van der Waals surface area (Å²) in [5.74, 6) is 0.721. The van der Waals surface area contributed by atoms with E-state index in [2.05, 4.69) is 33.8 Å². The summed E-state index contributed by atoms with van der Waals surface area (Å²) in [5.41, 5.74) is 3.51. The number of halogens is 1. The van der Waals surface area contributed by atoms with Gasteiger partial charge >= 0.3 is 0 Å². The molecule has 1 aliphatic heterocycles. The largest absolute Gasteiger partial charge is 0.444 e. The van der Waals surface area contributed by atoms with Gasteiger partial charge in [-0.15, -0.1) is 11.3 Å². The van der Waals surface area contributed by atoms with Crippen LogP contribution in [0.15, 0.2) is 46.4 Å². The zero-order valence-corrected chi connectivity index (χ0v) is 15.7. The molecule has 2 aromatic heterocycles. The number of benzene rings is 1. The van der Waals surface area contributed by atoms with Gasteiger partial charge in [-0.05, 0) is 36.1 Å². The summed E-state index contributed by atoms with van der Waals surface area (Å²) in [6.45, 7) is 6.98. The van der Waals surface area contributed by atoms with E-state index >= 15 is 0 Å². The zero-order valence-electron chi connectivity index (χ0n) is 14.1. The van der Waals surface area contributed by atoms with Crippen LogP contribution in [0.1, 0.15) is 11.3 Å². The van der Waals surface area contributed by atoms with Crippen LogP contribution in [-0.2, 0) is 6.54 Å². The molecule has 0 aliphatic carbocycles. The number of thiophene rings is 1. The minimum absolute atomic E-state index is 0.721. The van der Waals surface area contributed by atoms with Crippen molar-refractivity contribution >= 4 is 28.6 Å². The average Bonchev–Trinajstić information content (AvgIpc) is 3.29. The van der Waals surface area contributed by atoms with E-state index in [1.165, 1.54) is 11.3 Å². The second-order valence-electron chi connectivity index (χ2n) is 6.32. The molecule has 3 heterocycles. The fourth-order valence-corrected chi connectivity index (χ4v) is 4.01. The van der Waals surface area contributed by atoms with Crippen LogP contribution in [0.5, 0.6) is 0 Å². The van der Waals surface area contributed by atoms with Crippen molar-refractivity contribution in [1.82, 2.24) is 9.88 Å². The van der Waals surface area contributed by atoms with Crippen LogP contribution >= 0.6 is 22.9 Å². The highest BCUT2D eigenvalue weighted by atomic mass is 35.5. The first-order chi connectivity index (χ1) is 12.2. The number of anilines is 1. The molecular weight excluding hydrogens is 354 g/mol. The van der Waals surface area contributed by atoms with Crippen molar-refractivity contribution in [2.75, 3.05) is 31.1 Å². The van der Waals surface area contributed by atoms with E-state index in [0.29, 0.717) is 0 Å². The standard InChI is InChI=1S/C19H20ClN3OS/c1-14-4-5-15(20)11-17(14)23-8-6-22(7-9-23)12-16-13-24-19(21-16)18-3-2-10-25-18/h2-5,10-11,13H,6-9,12H2,1H3. The second-order valence-corrected chi connectivity index (χ2v) is 7.70. The maximum Gasteiger partial charge on any atom is 0.236 e. The molecule has 0 unspecified atom stereocenters. The van der Waals surface area contributed by atoms with E-state index in [9.17, 15) is 0 Å². The molecule has 4 rings (SSSR count). The Labute approximate surface area is 156 Å². The van der Waals surface area contributed by atoms with E-state index in [0.717, 1.165) is 54.2 Å². The third kappa shape index (κ3) is 3.73. The van der Waals surface area contributed by atoms with E-state index < -0.39 is 0 Å². The van der Waals surface area contributed by atoms with Crippen molar-refractivity contribution in [3.05, 3.63) is 58.3 Å². The smallest absolute Gasteiger partial charge is 0.236 e. The van der Waals surface area contributed by atoms with Crippen LogP contribution in [-0.4, -0.2) is 36.1 Å². The maximum atomic E-state index is 6.16. The third-order valence-corrected chi connectivity index (χ3v) is 5.65. The summed E-state index contributed by atoms with van der Waals surface area (Å²) in [5, 5.41) is 2.84. The highest BCUT2D eigenvalue weighted by Gasteiger charge is 2.20. The Morgan fingerprint density at radius 2 is 2.04 bits per heavy atom. The summed E-state index contributed by atoms with van der Waals surface area (Å²) in [6, 6.07) is 10.2. The van der Waals surface area contributed by atoms with E-state index in [-0.39, 0.29) is 0 Å². The van der Waals surface area contributed by atoms with Crippen LogP contribution in [0.4, 0.5) is 5.69 Å². The Kier molecular flexibility index (Phi) is 4.79. The molecule has 130 valence electrons. The number of aryl methyl sites for hydroxylation is 1. The normalized spacial score (nSPS) is 15.7. The predicted octanol–water partition coefficient (Wildman–Crippen LogP) is 4.69. The number of aromatic nitrogens is 1. The molecule has 0 bridgehead atoms. The lowest BCUT2D eigenvalue weighted by molar-refractivity contribution is 0.247. The van der Waals surface area contributed by atoms with Gasteiger partial charge in [0.15, 0.2) is 0 Å². The van der Waals surface area contributed by atoms with Crippen molar-refractivity contribution in [2.24, 2.45) is 0 Å². The molecule has 0 amide bonds. The van der Waals surface area contributed by atoms with Crippen LogP contribution in [0.25, 0.3) is 10.8 Å². The topological polar surface area (TPSA) is 32.5 Å². The quantitative estimate of drug-likeness (QED) is 0.664. The number of oxazole rings is 1. The molecule has 1 fully saturated rings. The summed E-state index contributed by atoms with van der Waals surface area (Å²) >= 11 is 7.81. The number of rotatable bonds is 4. The molecule has 4 nitrogen and oxygen atoms in total. The van der Waals surface area contributed by atoms with Crippen molar-refractivity contribution in [3.63, 3.8) is 0 Å². The molecule has 0 atom stereocenters. The maximum absolute atomic E-state index is 6.16. The number of piperazine rings is 1. The molecular formula is C19H20ClN3OS. The molecule has 25 heavy (non-hydrogen) atoms. The lowest BCUT2D eigenvalue weighted by atomic mass is 10.1. The lowest BCUT2D eigenvalue weighted by Gasteiger charge is -2.36. The number of hydrogen-bond acceptors (Lipinski definition) is 5. The average molecular weight is 374 g/mol. The summed E-state index contributed by atoms with van der Waals surface area (Å²) in [6.07, 6.45) is 1.78. The molecule has 6 heteroatoms. The lowest BCUT2D eigenvalue weighted by Crippen LogP contribution is -2.46. The predicted molar refractivity (Wildman–Crippen MR) is 103 cm³/mol. The first kappa shape index (κ1) is 16.6. The van der Waals surface area contributed by atoms with Crippen LogP contribution in [0.3, 0.4) is 0 Å². The fourth-order valence-electron chi connectivity index (χ4n) is 3.19. The minimum atomic E-state index is 0.721. The van der Waals surface area contributed by atoms with Gasteiger partial charge in [-0.1, -0.05) is 23.7 Å². The molecule has 0 radical (unpaired) electrons. The van der Waals surface area contributed by atoms with Gasteiger partial charge in [0.05, 0.1) is 10.6 Å². The Hall–Kier alpha value is -1.82. The SMILES string of the molecule is Cc1ccc(Cl)cc1N1CCN(Cc2coc(-c3cccs3)n2)CC1. The Bertz CT molecular complexity index is 838. The van der Waals surface area contributed by atoms with Crippen LogP contribution in [0, 0.1) is 6.92 Å². The van der Waals surface area contributed by atoms with Crippen molar-refractivity contribution in [3.8, 4) is 10.8 Å². The highest BCUT2D eigenvalue weighted by molar-refractivity contribution is 7.13. The van der Waals surface area contributed by atoms with Crippen molar-refractivity contribution in [1.29, 1.82) is 0 Å². The zero-order chi connectivity index (χ0) is 17.2. The van der Waals surface area contributed by atoms with Gasteiger partial charge in [0, 0.05) is 43.4 Å². The summed E-state index contributed by atoms with van der Waals surface area (Å²) in [7, 11) is 0. The summed E-state index contributed by atoms with van der Waals surface area (Å²) in [4.78, 5) is 10.5. The summed E-state index contributed by atoms with van der Waals surface area (Å²) < 4.78 is 5.62. The van der Waals surface area contributed by atoms with Gasteiger partial charge in [-0.2, -0.15) is 0 Å². The molecule has 1 saturated heterocycles. The molecule has 3 aromatic rings. The Morgan fingerprint density at radius 1 is 1.20 bits per heavy atom. The molecule has 0 saturated carbocycles. The van der Waals surface area contributed by atoms with Crippen LogP contribution < -0.4 is 4.90 Å². The Balaban J connectivity index is 1.37. The molecule has 1 aliphatic rings. The van der Waals surface area contributed by atoms with E-state index in [1.807, 2.05) is 23.6 Å².